The van der Waals surface area contributed by atoms with Gasteiger partial charge in [0.15, 0.2) is 58.1 Å². The molecule has 1 nitrogen and oxygen atoms in total. The van der Waals surface area contributed by atoms with Crippen LogP contribution in [0.3, 0.4) is 0 Å². The molecule has 0 fully saturated rings. The minimum Gasteiger partial charge on any atom is -0.494 e. The number of methoxy groups -OCH3 is 1. The van der Waals surface area contributed by atoms with Gasteiger partial charge in [-0.25, -0.2) is 43.9 Å². The maximum Gasteiger partial charge on any atom is 0.261 e. The van der Waals surface area contributed by atoms with E-state index in [0.29, 0.717) is 6.07 Å². The molecule has 0 saturated carbocycles. The van der Waals surface area contributed by atoms with E-state index in [1.165, 1.54) is 0 Å². The minimum atomic E-state index is -2.83. The lowest BCUT2D eigenvalue weighted by molar-refractivity contribution is 0.385. The summed E-state index contributed by atoms with van der Waals surface area (Å²) in [7, 11) is 0.876. The van der Waals surface area contributed by atoms with Crippen molar-refractivity contribution in [1.82, 2.24) is 0 Å². The van der Waals surface area contributed by atoms with Gasteiger partial charge in [-0.1, -0.05) is 0 Å². The SMILES string of the molecule is COc1cc(B(c2c(F)c(F)cc(F)c2F)c2c(F)c(F)cc(F)c2F)c(F)cc1F. The summed E-state index contributed by atoms with van der Waals surface area (Å²) in [6.07, 6.45) is 0. The molecular formula is C19H7BF10O. The Bertz CT molecular complexity index is 1080. The van der Waals surface area contributed by atoms with E-state index in [9.17, 15) is 43.9 Å². The molecule has 3 aromatic rings. The van der Waals surface area contributed by atoms with Crippen molar-refractivity contribution in [3.05, 3.63) is 82.4 Å². The van der Waals surface area contributed by atoms with Crippen molar-refractivity contribution >= 4 is 23.1 Å². The summed E-state index contributed by atoms with van der Waals surface area (Å²) in [6.45, 7) is -2.83. The lowest BCUT2D eigenvalue weighted by atomic mass is 9.36. The van der Waals surface area contributed by atoms with Crippen molar-refractivity contribution in [2.45, 2.75) is 0 Å². The van der Waals surface area contributed by atoms with Crippen LogP contribution in [-0.2, 0) is 0 Å². The standard InChI is InChI=1S/C19H7BF10O/c1-31-13-2-6(7(21)3-8(13)22)20(14-16(27)9(23)4-10(24)17(14)28)15-18(29)11(25)5-12(26)19(15)30/h2-5H,1H3. The Kier molecular flexibility index (Phi) is 5.92. The van der Waals surface area contributed by atoms with Gasteiger partial charge in [0, 0.05) is 29.1 Å². The Labute approximate surface area is 168 Å². The lowest BCUT2D eigenvalue weighted by Crippen LogP contribution is -2.58. The first-order chi connectivity index (χ1) is 14.5. The van der Waals surface area contributed by atoms with Crippen molar-refractivity contribution in [3.8, 4) is 5.75 Å². The molecule has 0 aromatic heterocycles. The number of ether oxygens (including phenoxy) is 1. The number of hydrogen-bond acceptors (Lipinski definition) is 1. The Balaban J connectivity index is 2.54. The van der Waals surface area contributed by atoms with Gasteiger partial charge in [0.05, 0.1) is 7.11 Å². The summed E-state index contributed by atoms with van der Waals surface area (Å²) in [5, 5.41) is 0. The first-order valence-electron chi connectivity index (χ1n) is 8.18. The highest BCUT2D eigenvalue weighted by atomic mass is 19.2. The summed E-state index contributed by atoms with van der Waals surface area (Å²) < 4.78 is 146. The second-order valence-electron chi connectivity index (χ2n) is 6.20. The summed E-state index contributed by atoms with van der Waals surface area (Å²) in [6, 6.07) is -0.0335. The van der Waals surface area contributed by atoms with E-state index in [1.807, 2.05) is 0 Å². The first-order valence-corrected chi connectivity index (χ1v) is 8.18. The molecule has 3 aromatic carbocycles. The maximum atomic E-state index is 14.6. The van der Waals surface area contributed by atoms with Crippen LogP contribution in [0.15, 0.2) is 24.3 Å². The molecular weight excluding hydrogens is 445 g/mol. The fourth-order valence-corrected chi connectivity index (χ4v) is 3.07. The molecule has 0 saturated heterocycles. The molecule has 0 spiro atoms. The van der Waals surface area contributed by atoms with Crippen LogP contribution in [0.5, 0.6) is 5.75 Å². The Morgan fingerprint density at radius 1 is 0.516 bits per heavy atom. The highest BCUT2D eigenvalue weighted by molar-refractivity contribution is 6.95. The fourth-order valence-electron chi connectivity index (χ4n) is 3.07. The molecule has 0 amide bonds. The van der Waals surface area contributed by atoms with Crippen molar-refractivity contribution in [1.29, 1.82) is 0 Å². The smallest absolute Gasteiger partial charge is 0.261 e. The molecule has 0 unspecified atom stereocenters. The predicted molar refractivity (Wildman–Crippen MR) is 90.1 cm³/mol. The Morgan fingerprint density at radius 2 is 0.871 bits per heavy atom. The van der Waals surface area contributed by atoms with Crippen LogP contribution in [0.4, 0.5) is 43.9 Å². The van der Waals surface area contributed by atoms with Crippen LogP contribution in [0.2, 0.25) is 0 Å². The van der Waals surface area contributed by atoms with E-state index in [0.717, 1.165) is 7.11 Å². The molecule has 0 heterocycles. The molecule has 0 atom stereocenters. The van der Waals surface area contributed by atoms with Crippen LogP contribution >= 0.6 is 0 Å². The monoisotopic (exact) mass is 452 g/mol. The number of hydrogen-bond donors (Lipinski definition) is 0. The third-order valence-electron chi connectivity index (χ3n) is 4.45. The Hall–Kier alpha value is -3.18. The van der Waals surface area contributed by atoms with Crippen LogP contribution in [0.1, 0.15) is 0 Å². The predicted octanol–water partition coefficient (Wildman–Crippen LogP) is 3.60. The fraction of sp³-hybridized carbons (Fsp3) is 0.0526. The molecule has 3 rings (SSSR count). The van der Waals surface area contributed by atoms with E-state index >= 15 is 0 Å². The molecule has 0 aliphatic carbocycles. The molecule has 0 bridgehead atoms. The summed E-state index contributed by atoms with van der Waals surface area (Å²) >= 11 is 0. The van der Waals surface area contributed by atoms with Gasteiger partial charge in [-0.05, 0) is 11.5 Å². The van der Waals surface area contributed by atoms with E-state index in [4.69, 9.17) is 0 Å². The number of rotatable bonds is 4. The van der Waals surface area contributed by atoms with Gasteiger partial charge in [0.2, 0.25) is 0 Å². The normalized spacial score (nSPS) is 11.1. The quantitative estimate of drug-likeness (QED) is 0.334. The van der Waals surface area contributed by atoms with Crippen LogP contribution in [0, 0.1) is 58.2 Å². The van der Waals surface area contributed by atoms with Gasteiger partial charge in [-0.3, -0.25) is 0 Å². The van der Waals surface area contributed by atoms with Crippen molar-refractivity contribution < 1.29 is 48.6 Å². The lowest BCUT2D eigenvalue weighted by Gasteiger charge is -2.20. The van der Waals surface area contributed by atoms with Gasteiger partial charge in [0.1, 0.15) is 5.82 Å². The zero-order valence-electron chi connectivity index (χ0n) is 15.1. The molecule has 162 valence electrons. The highest BCUT2D eigenvalue weighted by Crippen LogP contribution is 2.20. The first kappa shape index (κ1) is 22.5. The number of benzene rings is 3. The molecule has 31 heavy (non-hydrogen) atoms. The average molecular weight is 452 g/mol. The Morgan fingerprint density at radius 3 is 1.23 bits per heavy atom. The van der Waals surface area contributed by atoms with Gasteiger partial charge in [-0.15, -0.1) is 0 Å². The molecule has 0 aliphatic heterocycles. The van der Waals surface area contributed by atoms with Crippen LogP contribution in [-0.4, -0.2) is 13.8 Å². The summed E-state index contributed by atoms with van der Waals surface area (Å²) in [5.74, 6) is -21.0. The summed E-state index contributed by atoms with van der Waals surface area (Å²) in [4.78, 5) is 0. The zero-order chi connectivity index (χ0) is 23.2. The molecule has 0 aliphatic rings. The van der Waals surface area contributed by atoms with Gasteiger partial charge < -0.3 is 4.74 Å². The van der Waals surface area contributed by atoms with Gasteiger partial charge in [0.25, 0.3) is 6.71 Å². The zero-order valence-corrected chi connectivity index (χ0v) is 15.1. The van der Waals surface area contributed by atoms with Crippen LogP contribution < -0.4 is 21.1 Å². The van der Waals surface area contributed by atoms with E-state index in [1.54, 1.807) is 0 Å². The third kappa shape index (κ3) is 3.70. The number of halogens is 10. The third-order valence-corrected chi connectivity index (χ3v) is 4.45. The largest absolute Gasteiger partial charge is 0.494 e. The van der Waals surface area contributed by atoms with Crippen molar-refractivity contribution in [2.75, 3.05) is 7.11 Å². The highest BCUT2D eigenvalue weighted by Gasteiger charge is 2.39. The second-order valence-corrected chi connectivity index (χ2v) is 6.20. The van der Waals surface area contributed by atoms with Crippen LogP contribution in [0.25, 0.3) is 0 Å². The molecule has 0 N–H and O–H groups in total. The van der Waals surface area contributed by atoms with E-state index < -0.39 is 87.0 Å². The molecule has 0 radical (unpaired) electrons. The second kappa shape index (κ2) is 8.16. The molecule has 12 heteroatoms. The summed E-state index contributed by atoms with van der Waals surface area (Å²) in [5.41, 5.74) is -4.82. The maximum absolute atomic E-state index is 14.6. The van der Waals surface area contributed by atoms with E-state index in [2.05, 4.69) is 4.74 Å². The topological polar surface area (TPSA) is 9.23 Å². The average Bonchev–Trinajstić information content (AvgIpc) is 2.70. The van der Waals surface area contributed by atoms with Crippen molar-refractivity contribution in [2.24, 2.45) is 0 Å². The van der Waals surface area contributed by atoms with E-state index in [-0.39, 0.29) is 18.2 Å². The van der Waals surface area contributed by atoms with Gasteiger partial charge >= 0.3 is 0 Å². The van der Waals surface area contributed by atoms with Gasteiger partial charge in [-0.2, -0.15) is 0 Å². The van der Waals surface area contributed by atoms with Crippen molar-refractivity contribution in [3.63, 3.8) is 0 Å². The minimum absolute atomic E-state index is 0.0814.